The van der Waals surface area contributed by atoms with E-state index in [0.29, 0.717) is 5.56 Å². The second kappa shape index (κ2) is 6.05. The van der Waals surface area contributed by atoms with Gasteiger partial charge in [0.2, 0.25) is 5.91 Å². The summed E-state index contributed by atoms with van der Waals surface area (Å²) in [5, 5.41) is 9.12. The molecule has 8 heteroatoms. The van der Waals surface area contributed by atoms with E-state index in [-0.39, 0.29) is 36.2 Å². The van der Waals surface area contributed by atoms with Crippen LogP contribution in [0.15, 0.2) is 6.20 Å². The second-order valence-corrected chi connectivity index (χ2v) is 5.85. The Morgan fingerprint density at radius 1 is 1.59 bits per heavy atom. The SMILES string of the molecule is CC(C)(C(=O)N1CCOc2c(cnc(Cl)c2C#N)C1)C(F)F. The average molecular weight is 330 g/mol. The Morgan fingerprint density at radius 3 is 2.86 bits per heavy atom. The van der Waals surface area contributed by atoms with Gasteiger partial charge in [-0.2, -0.15) is 5.26 Å². The Hall–Kier alpha value is -1.94. The Kier molecular flexibility index (Phi) is 4.52. The normalized spacial score (nSPS) is 14.9. The first-order valence-electron chi connectivity index (χ1n) is 6.56. The van der Waals surface area contributed by atoms with Crippen molar-refractivity contribution in [2.45, 2.75) is 26.8 Å². The zero-order valence-corrected chi connectivity index (χ0v) is 12.8. The molecule has 0 bridgehead atoms. The lowest BCUT2D eigenvalue weighted by atomic mass is 9.92. The minimum Gasteiger partial charge on any atom is -0.490 e. The molecule has 0 saturated carbocycles. The maximum atomic E-state index is 13.0. The lowest BCUT2D eigenvalue weighted by Crippen LogP contribution is -2.45. The highest BCUT2D eigenvalue weighted by molar-refractivity contribution is 6.30. The smallest absolute Gasteiger partial charge is 0.252 e. The highest BCUT2D eigenvalue weighted by Crippen LogP contribution is 2.33. The van der Waals surface area contributed by atoms with Gasteiger partial charge >= 0.3 is 0 Å². The first kappa shape index (κ1) is 16.4. The molecule has 0 spiro atoms. The van der Waals surface area contributed by atoms with Gasteiger partial charge < -0.3 is 9.64 Å². The fraction of sp³-hybridized carbons (Fsp3) is 0.500. The fourth-order valence-electron chi connectivity index (χ4n) is 2.10. The lowest BCUT2D eigenvalue weighted by molar-refractivity contribution is -0.149. The number of fused-ring (bicyclic) bond motifs is 1. The number of alkyl halides is 2. The quantitative estimate of drug-likeness (QED) is 0.782. The monoisotopic (exact) mass is 329 g/mol. The molecule has 1 aliphatic heterocycles. The third kappa shape index (κ3) is 2.83. The summed E-state index contributed by atoms with van der Waals surface area (Å²) in [4.78, 5) is 17.5. The van der Waals surface area contributed by atoms with Crippen LogP contribution < -0.4 is 4.74 Å². The highest BCUT2D eigenvalue weighted by Gasteiger charge is 2.41. The van der Waals surface area contributed by atoms with Gasteiger partial charge in [-0.3, -0.25) is 4.79 Å². The van der Waals surface area contributed by atoms with Crippen LogP contribution in [0.1, 0.15) is 25.0 Å². The molecule has 0 atom stereocenters. The zero-order chi connectivity index (χ0) is 16.5. The van der Waals surface area contributed by atoms with Crippen molar-refractivity contribution in [2.75, 3.05) is 13.2 Å². The van der Waals surface area contributed by atoms with Crippen molar-refractivity contribution in [3.05, 3.63) is 22.5 Å². The van der Waals surface area contributed by atoms with Crippen LogP contribution in [0, 0.1) is 16.7 Å². The summed E-state index contributed by atoms with van der Waals surface area (Å²) in [7, 11) is 0. The number of hydrogen-bond acceptors (Lipinski definition) is 4. The molecule has 0 fully saturated rings. The van der Waals surface area contributed by atoms with Gasteiger partial charge in [-0.25, -0.2) is 13.8 Å². The van der Waals surface area contributed by atoms with Crippen molar-refractivity contribution in [1.29, 1.82) is 5.26 Å². The summed E-state index contributed by atoms with van der Waals surface area (Å²) < 4.78 is 31.5. The molecule has 0 aromatic carbocycles. The first-order valence-corrected chi connectivity index (χ1v) is 6.94. The number of halogens is 3. The number of ether oxygens (including phenoxy) is 1. The molecule has 0 radical (unpaired) electrons. The summed E-state index contributed by atoms with van der Waals surface area (Å²) in [6.07, 6.45) is -1.39. The molecular weight excluding hydrogens is 316 g/mol. The molecule has 1 aromatic heterocycles. The molecule has 5 nitrogen and oxygen atoms in total. The third-order valence-corrected chi connectivity index (χ3v) is 3.81. The van der Waals surface area contributed by atoms with Crippen molar-refractivity contribution in [3.8, 4) is 11.8 Å². The second-order valence-electron chi connectivity index (χ2n) is 5.49. The third-order valence-electron chi connectivity index (χ3n) is 3.52. The predicted molar refractivity (Wildman–Crippen MR) is 74.7 cm³/mol. The number of hydrogen-bond donors (Lipinski definition) is 0. The van der Waals surface area contributed by atoms with Crippen LogP contribution in [0.5, 0.6) is 5.75 Å². The van der Waals surface area contributed by atoms with Crippen LogP contribution in [-0.2, 0) is 11.3 Å². The summed E-state index contributed by atoms with van der Waals surface area (Å²) in [5.41, 5.74) is -1.24. The number of carbonyl (C=O) groups excluding carboxylic acids is 1. The van der Waals surface area contributed by atoms with Gasteiger partial charge in [0.05, 0.1) is 13.1 Å². The van der Waals surface area contributed by atoms with E-state index in [1.807, 2.05) is 6.07 Å². The van der Waals surface area contributed by atoms with E-state index in [0.717, 1.165) is 0 Å². The molecular formula is C14H14ClF2N3O2. The van der Waals surface area contributed by atoms with E-state index in [2.05, 4.69) is 4.98 Å². The largest absolute Gasteiger partial charge is 0.490 e. The number of rotatable bonds is 2. The van der Waals surface area contributed by atoms with Gasteiger partial charge in [0, 0.05) is 11.8 Å². The topological polar surface area (TPSA) is 66.2 Å². The standard InChI is InChI=1S/C14H14ClF2N3O2/c1-14(2,12(16)17)13(21)20-3-4-22-10-8(7-20)6-19-11(15)9(10)5-18/h6,12H,3-4,7H2,1-2H3. The molecule has 0 aliphatic carbocycles. The summed E-state index contributed by atoms with van der Waals surface area (Å²) in [6.45, 7) is 2.68. The van der Waals surface area contributed by atoms with Crippen molar-refractivity contribution in [1.82, 2.24) is 9.88 Å². The molecule has 0 saturated heterocycles. The van der Waals surface area contributed by atoms with Gasteiger partial charge in [0.15, 0.2) is 5.15 Å². The Balaban J connectivity index is 2.35. The van der Waals surface area contributed by atoms with Crippen LogP contribution in [0.2, 0.25) is 5.15 Å². The molecule has 1 amide bonds. The van der Waals surface area contributed by atoms with Crippen molar-refractivity contribution in [3.63, 3.8) is 0 Å². The van der Waals surface area contributed by atoms with Gasteiger partial charge in [-0.15, -0.1) is 0 Å². The van der Waals surface area contributed by atoms with Crippen molar-refractivity contribution in [2.24, 2.45) is 5.41 Å². The van der Waals surface area contributed by atoms with E-state index in [9.17, 15) is 13.6 Å². The van der Waals surface area contributed by atoms with Crippen LogP contribution in [0.4, 0.5) is 8.78 Å². The van der Waals surface area contributed by atoms with Crippen LogP contribution in [0.3, 0.4) is 0 Å². The number of pyridine rings is 1. The van der Waals surface area contributed by atoms with E-state index in [1.54, 1.807) is 0 Å². The lowest BCUT2D eigenvalue weighted by Gasteiger charge is -2.30. The van der Waals surface area contributed by atoms with E-state index >= 15 is 0 Å². The zero-order valence-electron chi connectivity index (χ0n) is 12.1. The molecule has 2 rings (SSSR count). The van der Waals surface area contributed by atoms with E-state index < -0.39 is 17.7 Å². The maximum absolute atomic E-state index is 13.0. The molecule has 22 heavy (non-hydrogen) atoms. The highest BCUT2D eigenvalue weighted by atomic mass is 35.5. The Bertz CT molecular complexity index is 644. The molecule has 1 aliphatic rings. The average Bonchev–Trinajstić information content (AvgIpc) is 2.68. The summed E-state index contributed by atoms with van der Waals surface area (Å²) in [5.74, 6) is -0.417. The van der Waals surface area contributed by atoms with Gasteiger partial charge in [0.25, 0.3) is 6.43 Å². The van der Waals surface area contributed by atoms with Gasteiger partial charge in [-0.05, 0) is 13.8 Å². The maximum Gasteiger partial charge on any atom is 0.252 e. The van der Waals surface area contributed by atoms with Crippen LogP contribution in [-0.4, -0.2) is 35.4 Å². The minimum atomic E-state index is -2.78. The molecule has 0 unspecified atom stereocenters. The molecule has 0 N–H and O–H groups in total. The first-order chi connectivity index (χ1) is 10.3. The summed E-state index contributed by atoms with van der Waals surface area (Å²) >= 11 is 5.83. The summed E-state index contributed by atoms with van der Waals surface area (Å²) in [6, 6.07) is 1.90. The van der Waals surface area contributed by atoms with E-state index in [1.165, 1.54) is 24.9 Å². The van der Waals surface area contributed by atoms with Crippen molar-refractivity contribution < 1.29 is 18.3 Å². The Labute approximate surface area is 131 Å². The fourth-order valence-corrected chi connectivity index (χ4v) is 2.28. The molecule has 2 heterocycles. The Morgan fingerprint density at radius 2 is 2.27 bits per heavy atom. The number of nitriles is 1. The van der Waals surface area contributed by atoms with E-state index in [4.69, 9.17) is 21.6 Å². The predicted octanol–water partition coefficient (Wildman–Crippen LogP) is 2.62. The van der Waals surface area contributed by atoms with Gasteiger partial charge in [-0.1, -0.05) is 11.6 Å². The molecule has 118 valence electrons. The van der Waals surface area contributed by atoms with Crippen molar-refractivity contribution >= 4 is 17.5 Å². The number of carbonyl (C=O) groups is 1. The number of nitrogens with zero attached hydrogens (tertiary/aromatic N) is 3. The number of amides is 1. The molecule has 1 aromatic rings. The van der Waals surface area contributed by atoms with Gasteiger partial charge in [0.1, 0.15) is 29.4 Å². The minimum absolute atomic E-state index is 0.00827. The number of aromatic nitrogens is 1. The van der Waals surface area contributed by atoms with Crippen LogP contribution in [0.25, 0.3) is 0 Å². The van der Waals surface area contributed by atoms with Crippen LogP contribution >= 0.6 is 11.6 Å².